The maximum absolute atomic E-state index is 4.25. The highest BCUT2D eigenvalue weighted by atomic mass is 14.5. The molecule has 160 valence electrons. The quantitative estimate of drug-likeness (QED) is 0.406. The predicted octanol–water partition coefficient (Wildman–Crippen LogP) is 8.82. The molecule has 0 fully saturated rings. The zero-order valence-corrected chi connectivity index (χ0v) is 20.3. The summed E-state index contributed by atoms with van der Waals surface area (Å²) in [6.07, 6.45) is 12.8. The Morgan fingerprint density at radius 1 is 1.17 bits per heavy atom. The first-order valence-corrected chi connectivity index (χ1v) is 12.1. The highest BCUT2D eigenvalue weighted by molar-refractivity contribution is 5.48. The van der Waals surface area contributed by atoms with Crippen LogP contribution in [0.2, 0.25) is 0 Å². The zero-order valence-electron chi connectivity index (χ0n) is 20.3. The zero-order chi connectivity index (χ0) is 21.4. The van der Waals surface area contributed by atoms with Gasteiger partial charge >= 0.3 is 0 Å². The summed E-state index contributed by atoms with van der Waals surface area (Å²) in [7, 11) is 0. The molecule has 1 aromatic rings. The Morgan fingerprint density at radius 2 is 1.90 bits per heavy atom. The lowest BCUT2D eigenvalue weighted by Crippen LogP contribution is -2.38. The molecule has 0 nitrogen and oxygen atoms in total. The van der Waals surface area contributed by atoms with Crippen LogP contribution in [0.4, 0.5) is 0 Å². The molecule has 0 bridgehead atoms. The third kappa shape index (κ3) is 4.57. The molecule has 0 heteroatoms. The fraction of sp³-hybridized carbons (Fsp3) is 0.655. The Morgan fingerprint density at radius 3 is 2.55 bits per heavy atom. The van der Waals surface area contributed by atoms with E-state index in [4.69, 9.17) is 0 Å². The van der Waals surface area contributed by atoms with Gasteiger partial charge in [-0.1, -0.05) is 90.7 Å². The lowest BCUT2D eigenvalue weighted by Gasteiger charge is -2.48. The van der Waals surface area contributed by atoms with Crippen molar-refractivity contribution in [3.05, 3.63) is 58.2 Å². The lowest BCUT2D eigenvalue weighted by atomic mass is 9.56. The minimum atomic E-state index is 0.268. The van der Waals surface area contributed by atoms with Gasteiger partial charge in [0, 0.05) is 0 Å². The van der Waals surface area contributed by atoms with E-state index in [0.29, 0.717) is 11.3 Å². The van der Waals surface area contributed by atoms with Gasteiger partial charge in [0.15, 0.2) is 0 Å². The second kappa shape index (κ2) is 8.44. The Bertz CT molecular complexity index is 787. The van der Waals surface area contributed by atoms with E-state index < -0.39 is 0 Å². The van der Waals surface area contributed by atoms with Crippen LogP contribution in [0.5, 0.6) is 0 Å². The standard InChI is InChI=1S/C29H44/c1-9-10-11-12-15-28(5,6)24-16-21(4)27-23(17-24)19-29(7,8)26-14-13-22(20(2)3)18-25(26)27/h13,16-17,25-26H,2,9-12,14-15,18-19H2,1,3-8H3. The van der Waals surface area contributed by atoms with Crippen LogP contribution in [0.25, 0.3) is 0 Å². The average Bonchev–Trinajstić information content (AvgIpc) is 2.64. The Hall–Kier alpha value is -1.30. The van der Waals surface area contributed by atoms with Crippen molar-refractivity contribution in [3.63, 3.8) is 0 Å². The molecule has 0 heterocycles. The number of rotatable bonds is 7. The number of hydrogen-bond acceptors (Lipinski definition) is 0. The molecule has 0 saturated heterocycles. The first-order chi connectivity index (χ1) is 13.6. The molecule has 29 heavy (non-hydrogen) atoms. The number of hydrogen-bond donors (Lipinski definition) is 0. The van der Waals surface area contributed by atoms with Crippen LogP contribution in [0.3, 0.4) is 0 Å². The summed E-state index contributed by atoms with van der Waals surface area (Å²) in [4.78, 5) is 0. The van der Waals surface area contributed by atoms with Crippen LogP contribution in [0, 0.1) is 18.3 Å². The van der Waals surface area contributed by atoms with Crippen LogP contribution in [-0.2, 0) is 11.8 Å². The molecule has 1 aromatic carbocycles. The van der Waals surface area contributed by atoms with Gasteiger partial charge in [0.1, 0.15) is 0 Å². The van der Waals surface area contributed by atoms with Gasteiger partial charge in [-0.2, -0.15) is 0 Å². The number of fused-ring (bicyclic) bond motifs is 3. The first-order valence-electron chi connectivity index (χ1n) is 12.1. The normalized spacial score (nSPS) is 23.2. The number of aryl methyl sites for hydroxylation is 1. The SMILES string of the molecule is C=C(C)C1=CCC2C(C1)c1c(C)cc(C(C)(C)CCCCCC)cc1CC2(C)C. The van der Waals surface area contributed by atoms with Crippen molar-refractivity contribution in [3.8, 4) is 0 Å². The Balaban J connectivity index is 1.95. The van der Waals surface area contributed by atoms with Crippen LogP contribution in [0.15, 0.2) is 35.9 Å². The van der Waals surface area contributed by atoms with Gasteiger partial charge < -0.3 is 0 Å². The van der Waals surface area contributed by atoms with Crippen LogP contribution in [0.1, 0.15) is 115 Å². The fourth-order valence-corrected chi connectivity index (χ4v) is 6.11. The Kier molecular flexibility index (Phi) is 6.52. The molecular weight excluding hydrogens is 348 g/mol. The van der Waals surface area contributed by atoms with E-state index in [9.17, 15) is 0 Å². The van der Waals surface area contributed by atoms with E-state index >= 15 is 0 Å². The van der Waals surface area contributed by atoms with E-state index in [0.717, 1.165) is 5.92 Å². The molecule has 0 spiro atoms. The smallest absolute Gasteiger partial charge is 0.00796 e. The van der Waals surface area contributed by atoms with Crippen molar-refractivity contribution < 1.29 is 0 Å². The van der Waals surface area contributed by atoms with Gasteiger partial charge in [-0.05, 0) is 90.0 Å². The van der Waals surface area contributed by atoms with E-state index in [-0.39, 0.29) is 5.41 Å². The fourth-order valence-electron chi connectivity index (χ4n) is 6.11. The molecule has 0 aliphatic heterocycles. The summed E-state index contributed by atoms with van der Waals surface area (Å²) in [5, 5.41) is 0. The molecule has 2 aliphatic rings. The van der Waals surface area contributed by atoms with E-state index in [1.165, 1.54) is 68.1 Å². The van der Waals surface area contributed by atoms with E-state index in [1.54, 1.807) is 16.7 Å². The van der Waals surface area contributed by atoms with Crippen LogP contribution in [-0.4, -0.2) is 0 Å². The minimum absolute atomic E-state index is 0.268. The van der Waals surface area contributed by atoms with Crippen molar-refractivity contribution in [1.82, 2.24) is 0 Å². The number of unbranched alkanes of at least 4 members (excludes halogenated alkanes) is 3. The number of allylic oxidation sites excluding steroid dienone is 3. The maximum Gasteiger partial charge on any atom is -0.00796 e. The molecule has 0 saturated carbocycles. The van der Waals surface area contributed by atoms with Gasteiger partial charge in [0.2, 0.25) is 0 Å². The van der Waals surface area contributed by atoms with Gasteiger partial charge in [-0.15, -0.1) is 0 Å². The molecule has 0 N–H and O–H groups in total. The summed E-state index contributed by atoms with van der Waals surface area (Å²) in [6, 6.07) is 5.13. The lowest BCUT2D eigenvalue weighted by molar-refractivity contribution is 0.151. The van der Waals surface area contributed by atoms with Gasteiger partial charge in [-0.25, -0.2) is 0 Å². The summed E-state index contributed by atoms with van der Waals surface area (Å²) in [6.45, 7) is 21.0. The third-order valence-corrected chi connectivity index (χ3v) is 8.02. The van der Waals surface area contributed by atoms with Crippen molar-refractivity contribution in [2.75, 3.05) is 0 Å². The van der Waals surface area contributed by atoms with Crippen LogP contribution < -0.4 is 0 Å². The molecular formula is C29H44. The second-order valence-corrected chi connectivity index (χ2v) is 11.4. The molecule has 2 unspecified atom stereocenters. The van der Waals surface area contributed by atoms with Gasteiger partial charge in [-0.3, -0.25) is 0 Å². The average molecular weight is 393 g/mol. The molecule has 0 amide bonds. The summed E-state index contributed by atoms with van der Waals surface area (Å²) in [5.74, 6) is 1.41. The molecule has 3 rings (SSSR count). The molecule has 0 radical (unpaired) electrons. The molecule has 2 atom stereocenters. The first kappa shape index (κ1) is 22.4. The van der Waals surface area contributed by atoms with E-state index in [2.05, 4.69) is 73.3 Å². The third-order valence-electron chi connectivity index (χ3n) is 8.02. The summed E-state index contributed by atoms with van der Waals surface area (Å²) in [5.41, 5.74) is 9.79. The maximum atomic E-state index is 4.25. The second-order valence-electron chi connectivity index (χ2n) is 11.4. The summed E-state index contributed by atoms with van der Waals surface area (Å²) >= 11 is 0. The molecule has 0 aromatic heterocycles. The largest absolute Gasteiger partial charge is 0.0958 e. The van der Waals surface area contributed by atoms with Gasteiger partial charge in [0.25, 0.3) is 0 Å². The Labute approximate surface area is 180 Å². The van der Waals surface area contributed by atoms with Crippen molar-refractivity contribution in [1.29, 1.82) is 0 Å². The molecule has 2 aliphatic carbocycles. The number of benzene rings is 1. The van der Waals surface area contributed by atoms with Crippen molar-refractivity contribution in [2.45, 2.75) is 111 Å². The van der Waals surface area contributed by atoms with Crippen molar-refractivity contribution >= 4 is 0 Å². The van der Waals surface area contributed by atoms with Crippen molar-refractivity contribution in [2.24, 2.45) is 11.3 Å². The van der Waals surface area contributed by atoms with Gasteiger partial charge in [0.05, 0.1) is 0 Å². The topological polar surface area (TPSA) is 0 Å². The summed E-state index contributed by atoms with van der Waals surface area (Å²) < 4.78 is 0. The van der Waals surface area contributed by atoms with E-state index in [1.807, 2.05) is 0 Å². The minimum Gasteiger partial charge on any atom is -0.0958 e. The monoisotopic (exact) mass is 392 g/mol. The highest BCUT2D eigenvalue weighted by Crippen LogP contribution is 2.54. The van der Waals surface area contributed by atoms with Crippen LogP contribution >= 0.6 is 0 Å². The highest BCUT2D eigenvalue weighted by Gasteiger charge is 2.44. The predicted molar refractivity (Wildman–Crippen MR) is 129 cm³/mol.